The zero-order valence-corrected chi connectivity index (χ0v) is 12.4. The van der Waals surface area contributed by atoms with Crippen LogP contribution in [0.5, 0.6) is 11.5 Å². The van der Waals surface area contributed by atoms with Gasteiger partial charge in [-0.1, -0.05) is 6.92 Å². The van der Waals surface area contributed by atoms with Crippen LogP contribution in [0.25, 0.3) is 0 Å². The molecule has 0 N–H and O–H groups in total. The molecule has 1 aromatic carbocycles. The number of carbonyl (C=O) groups excluding carboxylic acids is 1. The molecule has 1 unspecified atom stereocenters. The molecule has 1 fully saturated rings. The summed E-state index contributed by atoms with van der Waals surface area (Å²) in [6, 6.07) is 5.43. The molecule has 0 bridgehead atoms. The van der Waals surface area contributed by atoms with Gasteiger partial charge in [-0.05, 0) is 24.6 Å². The van der Waals surface area contributed by atoms with Gasteiger partial charge in [0.15, 0.2) is 17.3 Å². The number of thioether (sulfide) groups is 1. The molecule has 108 valence electrons. The van der Waals surface area contributed by atoms with Crippen molar-refractivity contribution in [2.45, 2.75) is 18.6 Å². The second kappa shape index (κ2) is 6.06. The third kappa shape index (κ3) is 2.94. The van der Waals surface area contributed by atoms with Crippen molar-refractivity contribution < 1.29 is 14.3 Å². The van der Waals surface area contributed by atoms with Crippen molar-refractivity contribution in [3.8, 4) is 11.5 Å². The second-order valence-electron chi connectivity index (χ2n) is 5.13. The van der Waals surface area contributed by atoms with E-state index < -0.39 is 0 Å². The molecule has 0 amide bonds. The Labute approximate surface area is 123 Å². The van der Waals surface area contributed by atoms with Crippen LogP contribution in [0.4, 0.5) is 0 Å². The van der Waals surface area contributed by atoms with E-state index in [0.717, 1.165) is 24.6 Å². The van der Waals surface area contributed by atoms with Crippen molar-refractivity contribution in [2.24, 2.45) is 0 Å². The van der Waals surface area contributed by atoms with E-state index >= 15 is 0 Å². The average molecular weight is 293 g/mol. The summed E-state index contributed by atoms with van der Waals surface area (Å²) in [6.07, 6.45) is 1.17. The fourth-order valence-electron chi connectivity index (χ4n) is 2.54. The Bertz CT molecular complexity index is 506. The van der Waals surface area contributed by atoms with E-state index in [2.05, 4.69) is 11.8 Å². The van der Waals surface area contributed by atoms with Gasteiger partial charge in [0.25, 0.3) is 0 Å². The largest absolute Gasteiger partial charge is 0.454 e. The summed E-state index contributed by atoms with van der Waals surface area (Å²) in [5.41, 5.74) is 0.709. The fraction of sp³-hybridized carbons (Fsp3) is 0.533. The summed E-state index contributed by atoms with van der Waals surface area (Å²) in [5.74, 6) is 2.68. The highest BCUT2D eigenvalue weighted by molar-refractivity contribution is 8.00. The Morgan fingerprint density at radius 1 is 1.40 bits per heavy atom. The normalized spacial score (nSPS) is 21.9. The third-order valence-electron chi connectivity index (χ3n) is 3.74. The number of ketones is 1. The number of ether oxygens (including phenoxy) is 2. The lowest BCUT2D eigenvalue weighted by molar-refractivity contribution is 0.0932. The molecular formula is C15H19NO3S. The van der Waals surface area contributed by atoms with Crippen LogP contribution in [-0.2, 0) is 0 Å². The topological polar surface area (TPSA) is 38.8 Å². The minimum Gasteiger partial charge on any atom is -0.454 e. The molecule has 0 saturated carbocycles. The van der Waals surface area contributed by atoms with Crippen molar-refractivity contribution in [3.63, 3.8) is 0 Å². The minimum atomic E-state index is 0.157. The van der Waals surface area contributed by atoms with E-state index in [9.17, 15) is 4.79 Å². The van der Waals surface area contributed by atoms with Crippen LogP contribution >= 0.6 is 11.8 Å². The van der Waals surface area contributed by atoms with Gasteiger partial charge in [0, 0.05) is 29.7 Å². The zero-order chi connectivity index (χ0) is 13.9. The first kappa shape index (κ1) is 13.8. The third-order valence-corrected chi connectivity index (χ3v) is 5.11. The van der Waals surface area contributed by atoms with Crippen LogP contribution in [0.3, 0.4) is 0 Å². The van der Waals surface area contributed by atoms with Crippen LogP contribution < -0.4 is 9.47 Å². The van der Waals surface area contributed by atoms with Gasteiger partial charge in [0.1, 0.15) is 0 Å². The molecule has 2 aliphatic heterocycles. The first-order chi connectivity index (χ1) is 9.76. The summed E-state index contributed by atoms with van der Waals surface area (Å²) in [7, 11) is 0. The number of nitrogens with zero attached hydrogens (tertiary/aromatic N) is 1. The molecule has 0 aliphatic carbocycles. The number of carbonyl (C=O) groups is 1. The van der Waals surface area contributed by atoms with Crippen molar-refractivity contribution >= 4 is 17.5 Å². The summed E-state index contributed by atoms with van der Waals surface area (Å²) >= 11 is 2.02. The molecule has 1 aromatic rings. The maximum Gasteiger partial charge on any atom is 0.231 e. The van der Waals surface area contributed by atoms with E-state index in [4.69, 9.17) is 9.47 Å². The van der Waals surface area contributed by atoms with Crippen LogP contribution in [0.1, 0.15) is 23.7 Å². The number of Topliss-reactive ketones (excluding diaryl/α,β-unsaturated/α-hetero) is 1. The molecule has 5 heteroatoms. The molecule has 3 rings (SSSR count). The standard InChI is InChI=1S/C15H19NO3S/c1-2-12-8-16(5-6-20-12)9-13(17)11-3-4-14-15(7-11)19-10-18-14/h3-4,7,12H,2,5-6,8-10H2,1H3. The predicted octanol–water partition coefficient (Wildman–Crippen LogP) is 2.43. The molecule has 0 aromatic heterocycles. The number of rotatable bonds is 4. The molecule has 2 aliphatic rings. The smallest absolute Gasteiger partial charge is 0.231 e. The Hall–Kier alpha value is -1.20. The lowest BCUT2D eigenvalue weighted by Gasteiger charge is -2.31. The molecule has 0 spiro atoms. The molecular weight excluding hydrogens is 274 g/mol. The first-order valence-corrected chi connectivity index (χ1v) is 8.08. The molecule has 4 nitrogen and oxygen atoms in total. The highest BCUT2D eigenvalue weighted by Gasteiger charge is 2.22. The van der Waals surface area contributed by atoms with E-state index in [-0.39, 0.29) is 12.6 Å². The van der Waals surface area contributed by atoms with Gasteiger partial charge >= 0.3 is 0 Å². The van der Waals surface area contributed by atoms with Gasteiger partial charge in [0.05, 0.1) is 6.54 Å². The van der Waals surface area contributed by atoms with Gasteiger partial charge < -0.3 is 9.47 Å². The Morgan fingerprint density at radius 2 is 2.25 bits per heavy atom. The Balaban J connectivity index is 1.64. The molecule has 2 heterocycles. The van der Waals surface area contributed by atoms with Gasteiger partial charge in [0.2, 0.25) is 6.79 Å². The number of hydrogen-bond acceptors (Lipinski definition) is 5. The summed E-state index contributed by atoms with van der Waals surface area (Å²) in [5, 5.41) is 0.660. The van der Waals surface area contributed by atoms with Gasteiger partial charge in [-0.15, -0.1) is 0 Å². The molecule has 20 heavy (non-hydrogen) atoms. The number of hydrogen-bond donors (Lipinski definition) is 0. The van der Waals surface area contributed by atoms with E-state index in [1.165, 1.54) is 6.42 Å². The molecule has 1 saturated heterocycles. The average Bonchev–Trinajstić information content (AvgIpc) is 2.94. The summed E-state index contributed by atoms with van der Waals surface area (Å²) in [6.45, 7) is 4.96. The van der Waals surface area contributed by atoms with Crippen molar-refractivity contribution in [2.75, 3.05) is 32.2 Å². The quantitative estimate of drug-likeness (QED) is 0.797. The monoisotopic (exact) mass is 293 g/mol. The lowest BCUT2D eigenvalue weighted by atomic mass is 10.1. The van der Waals surface area contributed by atoms with E-state index in [1.807, 2.05) is 23.9 Å². The summed E-state index contributed by atoms with van der Waals surface area (Å²) < 4.78 is 10.6. The number of fused-ring (bicyclic) bond motifs is 1. The van der Waals surface area contributed by atoms with Crippen LogP contribution in [0.2, 0.25) is 0 Å². The SMILES string of the molecule is CCC1CN(CC(=O)c2ccc3c(c2)OCO3)CCS1. The fourth-order valence-corrected chi connectivity index (χ4v) is 3.78. The van der Waals surface area contributed by atoms with Gasteiger partial charge in [-0.25, -0.2) is 0 Å². The maximum absolute atomic E-state index is 12.4. The Morgan fingerprint density at radius 3 is 3.10 bits per heavy atom. The molecule has 1 atom stereocenters. The second-order valence-corrected chi connectivity index (χ2v) is 6.54. The van der Waals surface area contributed by atoms with Crippen molar-refractivity contribution in [1.29, 1.82) is 0 Å². The van der Waals surface area contributed by atoms with Crippen LogP contribution in [0, 0.1) is 0 Å². The van der Waals surface area contributed by atoms with Crippen molar-refractivity contribution in [1.82, 2.24) is 4.90 Å². The lowest BCUT2D eigenvalue weighted by Crippen LogP contribution is -2.40. The zero-order valence-electron chi connectivity index (χ0n) is 11.6. The highest BCUT2D eigenvalue weighted by atomic mass is 32.2. The van der Waals surface area contributed by atoms with E-state index in [1.54, 1.807) is 6.07 Å². The highest BCUT2D eigenvalue weighted by Crippen LogP contribution is 2.32. The van der Waals surface area contributed by atoms with Gasteiger partial charge in [-0.3, -0.25) is 9.69 Å². The van der Waals surface area contributed by atoms with E-state index in [0.29, 0.717) is 23.1 Å². The predicted molar refractivity (Wildman–Crippen MR) is 79.9 cm³/mol. The first-order valence-electron chi connectivity index (χ1n) is 7.03. The molecule has 0 radical (unpaired) electrons. The van der Waals surface area contributed by atoms with Crippen molar-refractivity contribution in [3.05, 3.63) is 23.8 Å². The minimum absolute atomic E-state index is 0.157. The summed E-state index contributed by atoms with van der Waals surface area (Å²) in [4.78, 5) is 14.6. The Kier molecular flexibility index (Phi) is 4.17. The van der Waals surface area contributed by atoms with Crippen LogP contribution in [-0.4, -0.2) is 48.1 Å². The van der Waals surface area contributed by atoms with Gasteiger partial charge in [-0.2, -0.15) is 11.8 Å². The van der Waals surface area contributed by atoms with Crippen LogP contribution in [0.15, 0.2) is 18.2 Å². The maximum atomic E-state index is 12.4. The number of benzene rings is 1.